The Morgan fingerprint density at radius 2 is 2.35 bits per heavy atom. The predicted octanol–water partition coefficient (Wildman–Crippen LogP) is 0.847. The van der Waals surface area contributed by atoms with Crippen molar-refractivity contribution in [2.45, 2.75) is 25.5 Å². The number of benzene rings is 1. The van der Waals surface area contributed by atoms with Gasteiger partial charge in [-0.05, 0) is 12.1 Å². The van der Waals surface area contributed by atoms with Crippen LogP contribution in [0, 0.1) is 0 Å². The number of likely N-dealkylation sites (N-methyl/N-ethyl adjacent to an activating group) is 1. The van der Waals surface area contributed by atoms with E-state index in [-0.39, 0.29) is 12.1 Å². The lowest BCUT2D eigenvalue weighted by atomic mass is 9.97. The highest BCUT2D eigenvalue weighted by Crippen LogP contribution is 2.35. The Morgan fingerprint density at radius 3 is 3.15 bits per heavy atom. The summed E-state index contributed by atoms with van der Waals surface area (Å²) in [7, 11) is 0. The van der Waals surface area contributed by atoms with Crippen molar-refractivity contribution < 1.29 is 9.47 Å². The first-order valence-electron chi connectivity index (χ1n) is 7.38. The maximum Gasteiger partial charge on any atom is 0.127 e. The van der Waals surface area contributed by atoms with Crippen LogP contribution >= 0.6 is 0 Å². The van der Waals surface area contributed by atoms with Gasteiger partial charge >= 0.3 is 0 Å². The highest BCUT2D eigenvalue weighted by Gasteiger charge is 2.31. The lowest BCUT2D eigenvalue weighted by molar-refractivity contribution is -0.0459. The largest absolute Gasteiger partial charge is 0.493 e. The van der Waals surface area contributed by atoms with Crippen LogP contribution in [0.25, 0.3) is 0 Å². The van der Waals surface area contributed by atoms with Gasteiger partial charge in [0.1, 0.15) is 5.75 Å². The minimum absolute atomic E-state index is 0.0302. The molecule has 0 spiro atoms. The van der Waals surface area contributed by atoms with Crippen LogP contribution in [-0.4, -0.2) is 43.9 Å². The Bertz CT molecular complexity index is 466. The number of ether oxygens (including phenoxy) is 2. The number of hydrogen-bond acceptors (Lipinski definition) is 5. The summed E-state index contributed by atoms with van der Waals surface area (Å²) in [6, 6.07) is 6.26. The number of rotatable bonds is 4. The molecule has 5 nitrogen and oxygen atoms in total. The molecule has 2 atom stereocenters. The monoisotopic (exact) mass is 277 g/mol. The van der Waals surface area contributed by atoms with Crippen molar-refractivity contribution in [3.63, 3.8) is 0 Å². The third-order valence-corrected chi connectivity index (χ3v) is 4.26. The molecule has 2 aliphatic rings. The van der Waals surface area contributed by atoms with E-state index in [2.05, 4.69) is 35.4 Å². The van der Waals surface area contributed by atoms with Crippen molar-refractivity contribution in [1.29, 1.82) is 0 Å². The van der Waals surface area contributed by atoms with Crippen LogP contribution in [0.1, 0.15) is 24.1 Å². The minimum atomic E-state index is -0.0302. The fraction of sp³-hybridized carbons (Fsp3) is 0.600. The summed E-state index contributed by atoms with van der Waals surface area (Å²) in [6.07, 6.45) is 1.04. The van der Waals surface area contributed by atoms with E-state index in [9.17, 15) is 0 Å². The van der Waals surface area contributed by atoms with Gasteiger partial charge in [-0.1, -0.05) is 25.1 Å². The molecule has 3 rings (SSSR count). The van der Waals surface area contributed by atoms with Crippen molar-refractivity contribution in [2.24, 2.45) is 5.84 Å². The first-order valence-corrected chi connectivity index (χ1v) is 7.38. The van der Waals surface area contributed by atoms with Gasteiger partial charge in [0.25, 0.3) is 0 Å². The molecule has 0 aliphatic carbocycles. The van der Waals surface area contributed by atoms with E-state index in [4.69, 9.17) is 15.3 Å². The van der Waals surface area contributed by atoms with Gasteiger partial charge in [0.15, 0.2) is 0 Å². The summed E-state index contributed by atoms with van der Waals surface area (Å²) in [5, 5.41) is 0. The molecule has 2 aliphatic heterocycles. The molecule has 0 aromatic heterocycles. The highest BCUT2D eigenvalue weighted by atomic mass is 16.5. The fourth-order valence-electron chi connectivity index (χ4n) is 3.10. The topological polar surface area (TPSA) is 59.8 Å². The Balaban J connectivity index is 1.85. The summed E-state index contributed by atoms with van der Waals surface area (Å²) in [5.74, 6) is 6.81. The van der Waals surface area contributed by atoms with Gasteiger partial charge in [-0.2, -0.15) is 0 Å². The molecule has 2 heterocycles. The average molecular weight is 277 g/mol. The SMILES string of the molecule is CCN1CCOC(C(NN)c2cccc3c2OCC3)C1. The van der Waals surface area contributed by atoms with Gasteiger partial charge in [0.05, 0.1) is 25.4 Å². The zero-order valence-electron chi connectivity index (χ0n) is 12.0. The lowest BCUT2D eigenvalue weighted by Crippen LogP contribution is -2.49. The molecular formula is C15H23N3O2. The Morgan fingerprint density at radius 1 is 1.45 bits per heavy atom. The highest BCUT2D eigenvalue weighted by molar-refractivity contribution is 5.46. The molecule has 110 valence electrons. The van der Waals surface area contributed by atoms with Gasteiger partial charge in [-0.25, -0.2) is 0 Å². The van der Waals surface area contributed by atoms with Crippen LogP contribution in [0.3, 0.4) is 0 Å². The van der Waals surface area contributed by atoms with Crippen LogP contribution in [0.2, 0.25) is 0 Å². The van der Waals surface area contributed by atoms with E-state index in [1.807, 2.05) is 0 Å². The van der Waals surface area contributed by atoms with Crippen LogP contribution in [0.5, 0.6) is 5.75 Å². The maximum absolute atomic E-state index is 5.94. The molecule has 1 aromatic carbocycles. The normalized spacial score (nSPS) is 24.2. The Hall–Kier alpha value is -1.14. The quantitative estimate of drug-likeness (QED) is 0.631. The molecule has 1 saturated heterocycles. The molecule has 1 fully saturated rings. The summed E-state index contributed by atoms with van der Waals surface area (Å²) in [5.41, 5.74) is 5.32. The first-order chi connectivity index (χ1) is 9.83. The standard InChI is InChI=1S/C15H23N3O2/c1-2-18-7-9-19-13(10-18)14(17-16)12-5-3-4-11-6-8-20-15(11)12/h3-5,13-14,17H,2,6-10,16H2,1H3. The third-order valence-electron chi connectivity index (χ3n) is 4.26. The molecule has 0 radical (unpaired) electrons. The van der Waals surface area contributed by atoms with Gasteiger partial charge in [-0.3, -0.25) is 16.2 Å². The van der Waals surface area contributed by atoms with E-state index in [0.717, 1.165) is 50.6 Å². The Kier molecular flexibility index (Phi) is 4.21. The maximum atomic E-state index is 5.94. The predicted molar refractivity (Wildman–Crippen MR) is 77.6 cm³/mol. The molecule has 2 unspecified atom stereocenters. The average Bonchev–Trinajstić information content (AvgIpc) is 2.97. The summed E-state index contributed by atoms with van der Waals surface area (Å²) >= 11 is 0. The molecule has 5 heteroatoms. The second kappa shape index (κ2) is 6.10. The molecule has 20 heavy (non-hydrogen) atoms. The molecule has 0 bridgehead atoms. The van der Waals surface area contributed by atoms with Crippen molar-refractivity contribution in [3.8, 4) is 5.75 Å². The van der Waals surface area contributed by atoms with Crippen molar-refractivity contribution in [3.05, 3.63) is 29.3 Å². The van der Waals surface area contributed by atoms with E-state index in [1.165, 1.54) is 5.56 Å². The van der Waals surface area contributed by atoms with Crippen molar-refractivity contribution in [2.75, 3.05) is 32.8 Å². The number of nitrogens with two attached hydrogens (primary N) is 1. The third kappa shape index (κ3) is 2.54. The number of nitrogens with zero attached hydrogens (tertiary/aromatic N) is 1. The number of hydrogen-bond donors (Lipinski definition) is 2. The van der Waals surface area contributed by atoms with Crippen LogP contribution in [0.4, 0.5) is 0 Å². The summed E-state index contributed by atoms with van der Waals surface area (Å²) in [6.45, 7) is 6.63. The van der Waals surface area contributed by atoms with E-state index < -0.39 is 0 Å². The second-order valence-electron chi connectivity index (χ2n) is 5.38. The fourth-order valence-corrected chi connectivity index (χ4v) is 3.10. The zero-order valence-corrected chi connectivity index (χ0v) is 12.0. The second-order valence-corrected chi connectivity index (χ2v) is 5.38. The van der Waals surface area contributed by atoms with Crippen molar-refractivity contribution in [1.82, 2.24) is 10.3 Å². The number of fused-ring (bicyclic) bond motifs is 1. The van der Waals surface area contributed by atoms with Gasteiger partial charge in [0, 0.05) is 25.1 Å². The molecule has 0 amide bonds. The first kappa shape index (κ1) is 13.8. The number of morpholine rings is 1. The smallest absolute Gasteiger partial charge is 0.127 e. The molecule has 0 saturated carbocycles. The van der Waals surface area contributed by atoms with Crippen molar-refractivity contribution >= 4 is 0 Å². The molecule has 3 N–H and O–H groups in total. The molecule has 1 aromatic rings. The number of nitrogens with one attached hydrogen (secondary N) is 1. The van der Waals surface area contributed by atoms with Gasteiger partial charge < -0.3 is 9.47 Å². The number of para-hydroxylation sites is 1. The van der Waals surface area contributed by atoms with Crippen LogP contribution in [-0.2, 0) is 11.2 Å². The summed E-state index contributed by atoms with van der Waals surface area (Å²) in [4.78, 5) is 2.39. The summed E-state index contributed by atoms with van der Waals surface area (Å²) < 4.78 is 11.7. The van der Waals surface area contributed by atoms with Gasteiger partial charge in [0.2, 0.25) is 0 Å². The van der Waals surface area contributed by atoms with Gasteiger partial charge in [-0.15, -0.1) is 0 Å². The number of hydrazine groups is 1. The van der Waals surface area contributed by atoms with E-state index in [1.54, 1.807) is 0 Å². The zero-order chi connectivity index (χ0) is 13.9. The van der Waals surface area contributed by atoms with Crippen LogP contribution in [0.15, 0.2) is 18.2 Å². The minimum Gasteiger partial charge on any atom is -0.493 e. The van der Waals surface area contributed by atoms with Crippen LogP contribution < -0.4 is 16.0 Å². The Labute approximate surface area is 120 Å². The van der Waals surface area contributed by atoms with E-state index in [0.29, 0.717) is 0 Å². The lowest BCUT2D eigenvalue weighted by Gasteiger charge is -2.36. The molecular weight excluding hydrogens is 254 g/mol. The van der Waals surface area contributed by atoms with E-state index >= 15 is 0 Å².